The van der Waals surface area contributed by atoms with E-state index < -0.39 is 17.7 Å². The number of fused-ring (bicyclic) bond motifs is 1. The van der Waals surface area contributed by atoms with Crippen LogP contribution in [-0.2, 0) is 22.4 Å². The van der Waals surface area contributed by atoms with Crippen LogP contribution in [0, 0.1) is 0 Å². The molecule has 6 nitrogen and oxygen atoms in total. The van der Waals surface area contributed by atoms with Gasteiger partial charge in [0.25, 0.3) is 11.7 Å². The van der Waals surface area contributed by atoms with Crippen LogP contribution in [0.4, 0.5) is 5.69 Å². The number of anilines is 1. The molecule has 1 unspecified atom stereocenters. The molecule has 3 aromatic rings. The molecule has 0 spiro atoms. The van der Waals surface area contributed by atoms with Gasteiger partial charge in [-0.1, -0.05) is 12.1 Å². The molecule has 0 radical (unpaired) electrons. The largest absolute Gasteiger partial charge is 0.507 e. The van der Waals surface area contributed by atoms with Crippen LogP contribution in [0.15, 0.2) is 70.9 Å². The van der Waals surface area contributed by atoms with E-state index >= 15 is 0 Å². The highest BCUT2D eigenvalue weighted by molar-refractivity contribution is 6.51. The van der Waals surface area contributed by atoms with E-state index in [0.29, 0.717) is 22.8 Å². The van der Waals surface area contributed by atoms with Gasteiger partial charge in [-0.05, 0) is 79.3 Å². The first-order valence-electron chi connectivity index (χ1n) is 10.7. The Bertz CT molecular complexity index is 1210. The summed E-state index contributed by atoms with van der Waals surface area (Å²) in [6, 6.07) is 15.1. The lowest BCUT2D eigenvalue weighted by atomic mass is 9.89. The number of benzene rings is 2. The van der Waals surface area contributed by atoms with Crippen LogP contribution in [0.3, 0.4) is 0 Å². The molecule has 1 atom stereocenters. The van der Waals surface area contributed by atoms with Crippen molar-refractivity contribution in [3.05, 3.63) is 88.9 Å². The fourth-order valence-corrected chi connectivity index (χ4v) is 4.59. The number of nitrogens with zero attached hydrogens (tertiary/aromatic N) is 1. The maximum absolute atomic E-state index is 13.1. The standard InChI is InChI=1S/C26H23NO5/c1-31-20-12-10-19(11-13-20)27-23(21-7-4-14-32-21)22(25(29)26(27)30)24(28)18-9-8-16-5-2-3-6-17(16)15-18/h4,7-15,23,28H,2-3,5-6H2,1H3/b24-22-. The monoisotopic (exact) mass is 429 g/mol. The summed E-state index contributed by atoms with van der Waals surface area (Å²) in [5.74, 6) is -0.601. The van der Waals surface area contributed by atoms with Crippen LogP contribution in [0.2, 0.25) is 0 Å². The number of aryl methyl sites for hydroxylation is 2. The Morgan fingerprint density at radius 2 is 1.78 bits per heavy atom. The number of methoxy groups -OCH3 is 1. The molecule has 2 heterocycles. The van der Waals surface area contributed by atoms with Crippen molar-refractivity contribution in [2.75, 3.05) is 12.0 Å². The van der Waals surface area contributed by atoms with E-state index in [2.05, 4.69) is 0 Å². The Morgan fingerprint density at radius 3 is 2.47 bits per heavy atom. The van der Waals surface area contributed by atoms with Crippen molar-refractivity contribution < 1.29 is 23.8 Å². The number of aliphatic hydroxyl groups is 1. The molecule has 0 saturated carbocycles. The molecule has 6 heteroatoms. The predicted octanol–water partition coefficient (Wildman–Crippen LogP) is 4.79. The highest BCUT2D eigenvalue weighted by Crippen LogP contribution is 2.42. The first kappa shape index (κ1) is 20.1. The minimum atomic E-state index is -0.866. The lowest BCUT2D eigenvalue weighted by Crippen LogP contribution is -2.29. The van der Waals surface area contributed by atoms with Crippen LogP contribution in [0.5, 0.6) is 5.75 Å². The fraction of sp³-hybridized carbons (Fsp3) is 0.231. The molecule has 162 valence electrons. The number of furan rings is 1. The number of amides is 1. The van der Waals surface area contributed by atoms with E-state index in [0.717, 1.165) is 25.7 Å². The normalized spacial score (nSPS) is 19.8. The molecule has 1 N–H and O–H groups in total. The van der Waals surface area contributed by atoms with Crippen molar-refractivity contribution in [2.24, 2.45) is 0 Å². The summed E-state index contributed by atoms with van der Waals surface area (Å²) < 4.78 is 10.8. The van der Waals surface area contributed by atoms with Gasteiger partial charge in [-0.3, -0.25) is 14.5 Å². The molecule has 1 fully saturated rings. The third-order valence-corrected chi connectivity index (χ3v) is 6.23. The molecule has 1 aliphatic heterocycles. The molecule has 1 saturated heterocycles. The number of carbonyl (C=O) groups is 2. The summed E-state index contributed by atoms with van der Waals surface area (Å²) >= 11 is 0. The number of carbonyl (C=O) groups excluding carboxylic acids is 2. The highest BCUT2D eigenvalue weighted by Gasteiger charge is 2.48. The van der Waals surface area contributed by atoms with E-state index in [1.165, 1.54) is 22.3 Å². The van der Waals surface area contributed by atoms with Crippen molar-refractivity contribution >= 4 is 23.1 Å². The average Bonchev–Trinajstić information content (AvgIpc) is 3.45. The third-order valence-electron chi connectivity index (χ3n) is 6.23. The first-order valence-corrected chi connectivity index (χ1v) is 10.7. The molecule has 0 bridgehead atoms. The lowest BCUT2D eigenvalue weighted by molar-refractivity contribution is -0.132. The van der Waals surface area contributed by atoms with Gasteiger partial charge < -0.3 is 14.3 Å². The van der Waals surface area contributed by atoms with Crippen molar-refractivity contribution in [2.45, 2.75) is 31.7 Å². The van der Waals surface area contributed by atoms with E-state index in [-0.39, 0.29) is 11.3 Å². The van der Waals surface area contributed by atoms with Crippen molar-refractivity contribution in [1.82, 2.24) is 0 Å². The second-order valence-corrected chi connectivity index (χ2v) is 8.07. The van der Waals surface area contributed by atoms with Gasteiger partial charge in [0.1, 0.15) is 23.3 Å². The lowest BCUT2D eigenvalue weighted by Gasteiger charge is -2.23. The minimum Gasteiger partial charge on any atom is -0.507 e. The number of hydrogen-bond donors (Lipinski definition) is 1. The number of rotatable bonds is 4. The smallest absolute Gasteiger partial charge is 0.300 e. The summed E-state index contributed by atoms with van der Waals surface area (Å²) in [7, 11) is 1.56. The van der Waals surface area contributed by atoms with Gasteiger partial charge in [0.2, 0.25) is 0 Å². The molecule has 2 aliphatic rings. The third kappa shape index (κ3) is 3.28. The molecule has 32 heavy (non-hydrogen) atoms. The summed E-state index contributed by atoms with van der Waals surface area (Å²) in [5.41, 5.74) is 3.53. The summed E-state index contributed by atoms with van der Waals surface area (Å²) in [6.07, 6.45) is 5.71. The quantitative estimate of drug-likeness (QED) is 0.366. The van der Waals surface area contributed by atoms with Crippen molar-refractivity contribution in [3.63, 3.8) is 0 Å². The van der Waals surface area contributed by atoms with Crippen molar-refractivity contribution in [3.8, 4) is 5.75 Å². The Labute approximate surface area is 185 Å². The van der Waals surface area contributed by atoms with Gasteiger partial charge in [-0.15, -0.1) is 0 Å². The zero-order chi connectivity index (χ0) is 22.2. The molecular weight excluding hydrogens is 406 g/mol. The topological polar surface area (TPSA) is 80.0 Å². The van der Waals surface area contributed by atoms with Crippen LogP contribution >= 0.6 is 0 Å². The molecule has 1 aromatic heterocycles. The Morgan fingerprint density at radius 1 is 1.03 bits per heavy atom. The summed E-state index contributed by atoms with van der Waals surface area (Å²) in [4.78, 5) is 27.6. The highest BCUT2D eigenvalue weighted by atomic mass is 16.5. The Kier molecular flexibility index (Phi) is 5.05. The fourth-order valence-electron chi connectivity index (χ4n) is 4.59. The zero-order valence-corrected chi connectivity index (χ0v) is 17.7. The molecule has 2 aromatic carbocycles. The zero-order valence-electron chi connectivity index (χ0n) is 17.7. The van der Waals surface area contributed by atoms with Gasteiger partial charge in [0, 0.05) is 11.3 Å². The second-order valence-electron chi connectivity index (χ2n) is 8.07. The Hall–Kier alpha value is -3.80. The second kappa shape index (κ2) is 8.04. The molecule has 1 aliphatic carbocycles. The van der Waals surface area contributed by atoms with Gasteiger partial charge >= 0.3 is 0 Å². The van der Waals surface area contributed by atoms with Gasteiger partial charge in [0.05, 0.1) is 18.9 Å². The van der Waals surface area contributed by atoms with Crippen LogP contribution in [-0.4, -0.2) is 23.9 Å². The number of ketones is 1. The van der Waals surface area contributed by atoms with Crippen LogP contribution in [0.1, 0.15) is 41.3 Å². The van der Waals surface area contributed by atoms with Gasteiger partial charge in [0.15, 0.2) is 0 Å². The van der Waals surface area contributed by atoms with Crippen LogP contribution in [0.25, 0.3) is 5.76 Å². The first-order chi connectivity index (χ1) is 15.6. The van der Waals surface area contributed by atoms with E-state index in [4.69, 9.17) is 9.15 Å². The molecule has 5 rings (SSSR count). The van der Waals surface area contributed by atoms with Crippen molar-refractivity contribution in [1.29, 1.82) is 0 Å². The van der Waals surface area contributed by atoms with E-state index in [9.17, 15) is 14.7 Å². The maximum Gasteiger partial charge on any atom is 0.300 e. The Balaban J connectivity index is 1.65. The number of hydrogen-bond acceptors (Lipinski definition) is 5. The summed E-state index contributed by atoms with van der Waals surface area (Å²) in [6.45, 7) is 0. The number of ether oxygens (including phenoxy) is 1. The number of Topliss-reactive ketones (excluding diaryl/α,β-unsaturated/α-hetero) is 1. The average molecular weight is 429 g/mol. The van der Waals surface area contributed by atoms with Gasteiger partial charge in [-0.2, -0.15) is 0 Å². The van der Waals surface area contributed by atoms with E-state index in [1.54, 1.807) is 43.5 Å². The SMILES string of the molecule is COc1ccc(N2C(=O)C(=O)/C(=C(\O)c3ccc4c(c3)CCCC4)C2c2ccco2)cc1. The number of aliphatic hydroxyl groups excluding tert-OH is 1. The van der Waals surface area contributed by atoms with Crippen LogP contribution < -0.4 is 9.64 Å². The maximum atomic E-state index is 13.1. The minimum absolute atomic E-state index is 0.0246. The molecule has 1 amide bonds. The predicted molar refractivity (Wildman–Crippen MR) is 120 cm³/mol. The van der Waals surface area contributed by atoms with Gasteiger partial charge in [-0.25, -0.2) is 0 Å². The molecular formula is C26H23NO5. The summed E-state index contributed by atoms with van der Waals surface area (Å²) in [5, 5.41) is 11.2. The van der Waals surface area contributed by atoms with E-state index in [1.807, 2.05) is 18.2 Å².